The number of nitriles is 1. The van der Waals surface area contributed by atoms with Gasteiger partial charge in [-0.05, 0) is 46.3 Å². The average Bonchev–Trinajstić information content (AvgIpc) is 2.59. The van der Waals surface area contributed by atoms with Crippen molar-refractivity contribution in [2.75, 3.05) is 11.9 Å². The van der Waals surface area contributed by atoms with Crippen LogP contribution in [0.4, 0.5) is 5.69 Å². The van der Waals surface area contributed by atoms with E-state index in [0.717, 1.165) is 4.47 Å². The van der Waals surface area contributed by atoms with Crippen molar-refractivity contribution in [1.82, 2.24) is 0 Å². The topological polar surface area (TPSA) is 62.1 Å². The fraction of sp³-hybridized carbons (Fsp3) is 0.0526. The largest absolute Gasteiger partial charge is 0.479 e. The normalized spacial score (nSPS) is 10.5. The van der Waals surface area contributed by atoms with Gasteiger partial charge >= 0.3 is 0 Å². The summed E-state index contributed by atoms with van der Waals surface area (Å²) in [5.74, 6) is 2.34. The number of ether oxygens (including phenoxy) is 1. The number of nitrogens with zero attached hydrogens (tertiary/aromatic N) is 1. The minimum absolute atomic E-state index is 0.0561. The van der Waals surface area contributed by atoms with E-state index in [1.54, 1.807) is 36.4 Å². The third kappa shape index (κ3) is 5.22. The van der Waals surface area contributed by atoms with E-state index in [1.165, 1.54) is 6.08 Å². The molecule has 0 unspecified atom stereocenters. The van der Waals surface area contributed by atoms with Gasteiger partial charge in [-0.1, -0.05) is 40.0 Å². The fourth-order valence-corrected chi connectivity index (χ4v) is 3.35. The van der Waals surface area contributed by atoms with Crippen molar-refractivity contribution in [2.45, 2.75) is 0 Å². The van der Waals surface area contributed by atoms with Gasteiger partial charge in [0.2, 0.25) is 0 Å². The van der Waals surface area contributed by atoms with E-state index in [9.17, 15) is 10.1 Å². The van der Waals surface area contributed by atoms with Crippen LogP contribution in [0.25, 0.3) is 6.08 Å². The maximum atomic E-state index is 12.3. The molecule has 0 fully saturated rings. The monoisotopic (exact) mass is 458 g/mol. The minimum Gasteiger partial charge on any atom is -0.479 e. The van der Waals surface area contributed by atoms with Crippen LogP contribution in [0.5, 0.6) is 5.75 Å². The van der Waals surface area contributed by atoms with Gasteiger partial charge in [0.15, 0.2) is 0 Å². The summed E-state index contributed by atoms with van der Waals surface area (Å²) < 4.78 is 6.95. The number of amides is 1. The van der Waals surface area contributed by atoms with Gasteiger partial charge < -0.3 is 10.1 Å². The second kappa shape index (κ2) is 9.08. The lowest BCUT2D eigenvalue weighted by Crippen LogP contribution is -2.13. The number of carbonyl (C=O) groups excluding carboxylic acids is 1. The molecule has 0 aliphatic carbocycles. The molecule has 4 nitrogen and oxygen atoms in total. The summed E-state index contributed by atoms with van der Waals surface area (Å²) in [5.41, 5.74) is 1.10. The third-order valence-corrected chi connectivity index (χ3v) is 4.08. The number of hydrogen-bond acceptors (Lipinski definition) is 3. The van der Waals surface area contributed by atoms with Gasteiger partial charge in [0.1, 0.15) is 24.0 Å². The zero-order valence-electron chi connectivity index (χ0n) is 12.9. The summed E-state index contributed by atoms with van der Waals surface area (Å²) in [6.45, 7) is 0.0686. The summed E-state index contributed by atoms with van der Waals surface area (Å²) in [4.78, 5) is 12.3. The van der Waals surface area contributed by atoms with Crippen LogP contribution < -0.4 is 10.1 Å². The van der Waals surface area contributed by atoms with Gasteiger partial charge in [0, 0.05) is 15.7 Å². The predicted octanol–water partition coefficient (Wildman–Crippen LogP) is 4.77. The van der Waals surface area contributed by atoms with Crippen LogP contribution in [-0.2, 0) is 4.79 Å². The first-order valence-electron chi connectivity index (χ1n) is 7.08. The highest BCUT2D eigenvalue weighted by molar-refractivity contribution is 9.11. The van der Waals surface area contributed by atoms with Crippen molar-refractivity contribution in [2.24, 2.45) is 0 Å². The fourth-order valence-electron chi connectivity index (χ4n) is 1.98. The van der Waals surface area contributed by atoms with E-state index in [0.29, 0.717) is 21.5 Å². The molecule has 0 saturated heterocycles. The lowest BCUT2D eigenvalue weighted by atomic mass is 10.1. The van der Waals surface area contributed by atoms with Crippen LogP contribution in [0.15, 0.2) is 57.0 Å². The zero-order valence-corrected chi connectivity index (χ0v) is 16.1. The standard InChI is InChI=1S/C19H12Br2N2O2/c1-2-8-25-18-13(10-15(20)11-17(18)21)9-14(12-22)19(24)23-16-6-4-3-5-7-16/h1,3-7,9-11H,8H2,(H,23,24)/b14-9+. The van der Waals surface area contributed by atoms with Crippen molar-refractivity contribution in [3.05, 3.63) is 62.5 Å². The third-order valence-electron chi connectivity index (χ3n) is 3.03. The van der Waals surface area contributed by atoms with Gasteiger partial charge in [-0.2, -0.15) is 5.26 Å². The van der Waals surface area contributed by atoms with Gasteiger partial charge in [0.05, 0.1) is 4.47 Å². The van der Waals surface area contributed by atoms with Gasteiger partial charge in [-0.25, -0.2) is 0 Å². The molecule has 0 heterocycles. The van der Waals surface area contributed by atoms with Crippen LogP contribution in [-0.4, -0.2) is 12.5 Å². The molecule has 0 aromatic heterocycles. The van der Waals surface area contributed by atoms with E-state index in [1.807, 2.05) is 12.1 Å². The number of rotatable bonds is 5. The van der Waals surface area contributed by atoms with E-state index < -0.39 is 5.91 Å². The molecule has 1 N–H and O–H groups in total. The number of para-hydroxylation sites is 1. The Kier molecular flexibility index (Phi) is 6.82. The summed E-state index contributed by atoms with van der Waals surface area (Å²) in [5, 5.41) is 12.0. The molecule has 0 radical (unpaired) electrons. The van der Waals surface area contributed by atoms with E-state index in [-0.39, 0.29) is 12.2 Å². The maximum absolute atomic E-state index is 12.3. The molecule has 0 saturated carbocycles. The molecular weight excluding hydrogens is 448 g/mol. The van der Waals surface area contributed by atoms with Crippen molar-refractivity contribution < 1.29 is 9.53 Å². The van der Waals surface area contributed by atoms with Gasteiger partial charge in [0.25, 0.3) is 5.91 Å². The first kappa shape index (κ1) is 18.8. The Morgan fingerprint density at radius 1 is 1.28 bits per heavy atom. The van der Waals surface area contributed by atoms with Gasteiger partial charge in [-0.15, -0.1) is 6.42 Å². The maximum Gasteiger partial charge on any atom is 0.266 e. The Bertz CT molecular complexity index is 894. The number of anilines is 1. The first-order valence-corrected chi connectivity index (χ1v) is 8.67. The first-order chi connectivity index (χ1) is 12.0. The number of halogens is 2. The predicted molar refractivity (Wildman–Crippen MR) is 105 cm³/mol. The Balaban J connectivity index is 2.37. The molecule has 1 amide bonds. The zero-order chi connectivity index (χ0) is 18.2. The summed E-state index contributed by atoms with van der Waals surface area (Å²) in [6.07, 6.45) is 6.69. The quantitative estimate of drug-likeness (QED) is 0.398. The number of terminal acetylenes is 1. The second-order valence-corrected chi connectivity index (χ2v) is 6.56. The molecule has 0 spiro atoms. The van der Waals surface area contributed by atoms with Crippen LogP contribution >= 0.6 is 31.9 Å². The van der Waals surface area contributed by atoms with Crippen LogP contribution in [0.3, 0.4) is 0 Å². The molecule has 124 valence electrons. The molecule has 0 aliphatic heterocycles. The second-order valence-electron chi connectivity index (χ2n) is 4.79. The number of benzene rings is 2. The Morgan fingerprint density at radius 2 is 2.00 bits per heavy atom. The van der Waals surface area contributed by atoms with Crippen LogP contribution in [0, 0.1) is 23.7 Å². The van der Waals surface area contributed by atoms with E-state index in [2.05, 4.69) is 43.1 Å². The number of hydrogen-bond donors (Lipinski definition) is 1. The SMILES string of the molecule is C#CCOc1c(Br)cc(Br)cc1/C=C(\C#N)C(=O)Nc1ccccc1. The summed E-state index contributed by atoms with van der Waals surface area (Å²) in [7, 11) is 0. The molecule has 6 heteroatoms. The Labute approximate surface area is 162 Å². The molecular formula is C19H12Br2N2O2. The van der Waals surface area contributed by atoms with E-state index >= 15 is 0 Å². The highest BCUT2D eigenvalue weighted by Gasteiger charge is 2.14. The van der Waals surface area contributed by atoms with Crippen molar-refractivity contribution in [3.8, 4) is 24.2 Å². The minimum atomic E-state index is -0.507. The van der Waals surface area contributed by atoms with Gasteiger partial charge in [-0.3, -0.25) is 4.79 Å². The molecule has 2 aromatic carbocycles. The lowest BCUT2D eigenvalue weighted by Gasteiger charge is -2.11. The summed E-state index contributed by atoms with van der Waals surface area (Å²) >= 11 is 6.77. The molecule has 2 aromatic rings. The average molecular weight is 460 g/mol. The van der Waals surface area contributed by atoms with Crippen molar-refractivity contribution >= 4 is 49.5 Å². The summed E-state index contributed by atoms with van der Waals surface area (Å²) in [6, 6.07) is 14.4. The molecule has 0 atom stereocenters. The number of carbonyl (C=O) groups is 1. The molecule has 25 heavy (non-hydrogen) atoms. The molecule has 0 bridgehead atoms. The van der Waals surface area contributed by atoms with Crippen molar-refractivity contribution in [1.29, 1.82) is 5.26 Å². The Morgan fingerprint density at radius 3 is 2.64 bits per heavy atom. The van der Waals surface area contributed by atoms with E-state index in [4.69, 9.17) is 11.2 Å². The Hall–Kier alpha value is -2.54. The van der Waals surface area contributed by atoms with Crippen LogP contribution in [0.1, 0.15) is 5.56 Å². The highest BCUT2D eigenvalue weighted by atomic mass is 79.9. The lowest BCUT2D eigenvalue weighted by molar-refractivity contribution is -0.112. The smallest absolute Gasteiger partial charge is 0.266 e. The highest BCUT2D eigenvalue weighted by Crippen LogP contribution is 2.34. The number of nitrogens with one attached hydrogen (secondary N) is 1. The van der Waals surface area contributed by atoms with Crippen molar-refractivity contribution in [3.63, 3.8) is 0 Å². The molecule has 0 aliphatic rings. The van der Waals surface area contributed by atoms with Crippen LogP contribution in [0.2, 0.25) is 0 Å². The molecule has 2 rings (SSSR count).